The minimum absolute atomic E-state index is 0. The Bertz CT molecular complexity index is 1140. The molecule has 0 unspecified atom stereocenters. The number of para-hydroxylation sites is 1. The third kappa shape index (κ3) is 2.27. The number of hydrogen-bond acceptors (Lipinski definition) is 3. The summed E-state index contributed by atoms with van der Waals surface area (Å²) in [4.78, 5) is 9.55. The second kappa shape index (κ2) is 5.71. The van der Waals surface area contributed by atoms with Crippen molar-refractivity contribution in [1.29, 1.82) is 0 Å². The molecule has 5 rings (SSSR count). The van der Waals surface area contributed by atoms with Crippen LogP contribution in [0.25, 0.3) is 33.1 Å². The van der Waals surface area contributed by atoms with Crippen LogP contribution in [0.5, 0.6) is 5.75 Å². The Morgan fingerprint density at radius 1 is 1.00 bits per heavy atom. The lowest BCUT2D eigenvalue weighted by atomic mass is 9.94. The second-order valence-corrected chi connectivity index (χ2v) is 6.39. The van der Waals surface area contributed by atoms with Crippen LogP contribution in [0.4, 0.5) is 0 Å². The van der Waals surface area contributed by atoms with Gasteiger partial charge in [0.2, 0.25) is 0 Å². The van der Waals surface area contributed by atoms with Crippen LogP contribution in [0, 0.1) is 13.8 Å². The highest BCUT2D eigenvalue weighted by atomic mass is 35.5. The Kier molecular flexibility index (Phi) is 3.62. The van der Waals surface area contributed by atoms with Gasteiger partial charge in [0.05, 0.1) is 22.9 Å². The minimum atomic E-state index is 0. The van der Waals surface area contributed by atoms with E-state index in [-0.39, 0.29) is 12.4 Å². The van der Waals surface area contributed by atoms with E-state index in [2.05, 4.69) is 43.1 Å². The van der Waals surface area contributed by atoms with E-state index >= 15 is 0 Å². The van der Waals surface area contributed by atoms with E-state index in [0.29, 0.717) is 6.61 Å². The topological polar surface area (TPSA) is 35.0 Å². The second-order valence-electron chi connectivity index (χ2n) is 6.39. The van der Waals surface area contributed by atoms with Gasteiger partial charge in [-0.25, -0.2) is 4.98 Å². The number of benzene rings is 2. The molecule has 4 aromatic rings. The molecule has 0 saturated carbocycles. The highest BCUT2D eigenvalue weighted by Crippen LogP contribution is 2.40. The Morgan fingerprint density at radius 3 is 2.72 bits per heavy atom. The Morgan fingerprint density at radius 2 is 1.84 bits per heavy atom. The van der Waals surface area contributed by atoms with Crippen molar-refractivity contribution in [2.24, 2.45) is 0 Å². The van der Waals surface area contributed by atoms with Gasteiger partial charge in [-0.05, 0) is 37.6 Å². The number of hydrogen-bond donors (Lipinski definition) is 0. The largest absolute Gasteiger partial charge is 0.488 e. The van der Waals surface area contributed by atoms with Crippen molar-refractivity contribution < 1.29 is 4.74 Å². The summed E-state index contributed by atoms with van der Waals surface area (Å²) in [6.45, 7) is 4.83. The van der Waals surface area contributed by atoms with E-state index in [4.69, 9.17) is 9.72 Å². The highest BCUT2D eigenvalue weighted by Gasteiger charge is 2.23. The molecule has 0 bridgehead atoms. The van der Waals surface area contributed by atoms with Crippen LogP contribution in [-0.2, 0) is 6.61 Å². The summed E-state index contributed by atoms with van der Waals surface area (Å²) in [6, 6.07) is 14.5. The third-order valence-corrected chi connectivity index (χ3v) is 4.86. The number of nitrogens with zero attached hydrogens (tertiary/aromatic N) is 2. The summed E-state index contributed by atoms with van der Waals surface area (Å²) in [7, 11) is 0. The van der Waals surface area contributed by atoms with Gasteiger partial charge < -0.3 is 4.74 Å². The van der Waals surface area contributed by atoms with Gasteiger partial charge in [-0.2, -0.15) is 0 Å². The van der Waals surface area contributed by atoms with Gasteiger partial charge in [0, 0.05) is 21.9 Å². The molecule has 3 heterocycles. The smallest absolute Gasteiger partial charge is 0.129 e. The molecule has 0 radical (unpaired) electrons. The van der Waals surface area contributed by atoms with Gasteiger partial charge in [-0.3, -0.25) is 4.98 Å². The number of halogens is 1. The van der Waals surface area contributed by atoms with E-state index in [0.717, 1.165) is 33.4 Å². The van der Waals surface area contributed by atoms with Crippen LogP contribution in [0.1, 0.15) is 16.7 Å². The molecular weight excluding hydrogens is 332 g/mol. The number of rotatable bonds is 0. The van der Waals surface area contributed by atoms with Gasteiger partial charge >= 0.3 is 0 Å². The maximum Gasteiger partial charge on any atom is 0.129 e. The number of pyridine rings is 2. The fourth-order valence-electron chi connectivity index (χ4n) is 3.63. The lowest BCUT2D eigenvalue weighted by molar-refractivity contribution is 0.301. The molecule has 124 valence electrons. The SMILES string of the molecule is Cc1ccc2c(c1)-c1nc3cnc4ccccc4c3c(C)c1CO2.Cl. The van der Waals surface area contributed by atoms with Crippen molar-refractivity contribution in [2.45, 2.75) is 20.5 Å². The fourth-order valence-corrected chi connectivity index (χ4v) is 3.63. The molecule has 0 fully saturated rings. The van der Waals surface area contributed by atoms with Crippen LogP contribution < -0.4 is 4.74 Å². The summed E-state index contributed by atoms with van der Waals surface area (Å²) < 4.78 is 5.99. The van der Waals surface area contributed by atoms with Crippen molar-refractivity contribution in [3.8, 4) is 17.0 Å². The summed E-state index contributed by atoms with van der Waals surface area (Å²) in [5.41, 5.74) is 7.68. The zero-order valence-electron chi connectivity index (χ0n) is 14.0. The predicted octanol–water partition coefficient (Wildman–Crippen LogP) is 5.38. The first-order chi connectivity index (χ1) is 11.7. The standard InChI is InChI=1S/C21H16N2O.ClH/c1-12-7-8-19-15(9-12)21-16(11-24-19)13(2)20-14-5-3-4-6-17(14)22-10-18(20)23-21;/h3-10H,11H2,1-2H3;1H. The molecule has 25 heavy (non-hydrogen) atoms. The van der Waals surface area contributed by atoms with E-state index in [1.165, 1.54) is 22.1 Å². The minimum Gasteiger partial charge on any atom is -0.488 e. The quantitative estimate of drug-likeness (QED) is 0.400. The number of ether oxygens (including phenoxy) is 1. The summed E-state index contributed by atoms with van der Waals surface area (Å²) >= 11 is 0. The molecule has 0 N–H and O–H groups in total. The molecule has 1 aliphatic rings. The van der Waals surface area contributed by atoms with Gasteiger partial charge in [-0.1, -0.05) is 29.8 Å². The van der Waals surface area contributed by atoms with Gasteiger partial charge in [0.15, 0.2) is 0 Å². The fraction of sp³-hybridized carbons (Fsp3) is 0.143. The van der Waals surface area contributed by atoms with Crippen molar-refractivity contribution in [1.82, 2.24) is 9.97 Å². The van der Waals surface area contributed by atoms with Crippen LogP contribution in [0.15, 0.2) is 48.7 Å². The van der Waals surface area contributed by atoms with Gasteiger partial charge in [-0.15, -0.1) is 12.4 Å². The van der Waals surface area contributed by atoms with Gasteiger partial charge in [0.25, 0.3) is 0 Å². The van der Waals surface area contributed by atoms with E-state index in [1.807, 2.05) is 24.4 Å². The molecule has 0 saturated heterocycles. The first kappa shape index (κ1) is 15.9. The molecule has 0 amide bonds. The van der Waals surface area contributed by atoms with Crippen LogP contribution in [-0.4, -0.2) is 9.97 Å². The monoisotopic (exact) mass is 348 g/mol. The number of aryl methyl sites for hydroxylation is 2. The normalized spacial score (nSPS) is 12.2. The molecule has 4 heteroatoms. The first-order valence-corrected chi connectivity index (χ1v) is 8.13. The Hall–Kier alpha value is -2.65. The summed E-state index contributed by atoms with van der Waals surface area (Å²) in [5, 5.41) is 2.33. The summed E-state index contributed by atoms with van der Waals surface area (Å²) in [5.74, 6) is 0.910. The Balaban J connectivity index is 0.00000157. The maximum absolute atomic E-state index is 5.99. The molecule has 2 aromatic heterocycles. The van der Waals surface area contributed by atoms with Crippen molar-refractivity contribution in [2.75, 3.05) is 0 Å². The summed E-state index contributed by atoms with van der Waals surface area (Å²) in [6.07, 6.45) is 1.88. The average molecular weight is 349 g/mol. The van der Waals surface area contributed by atoms with Gasteiger partial charge in [0.1, 0.15) is 12.4 Å². The Labute approximate surface area is 152 Å². The predicted molar refractivity (Wildman–Crippen MR) is 104 cm³/mol. The van der Waals surface area contributed by atoms with Crippen molar-refractivity contribution in [3.05, 3.63) is 65.4 Å². The number of aromatic nitrogens is 2. The van der Waals surface area contributed by atoms with Crippen molar-refractivity contribution >= 4 is 34.2 Å². The molecule has 2 aromatic carbocycles. The van der Waals surface area contributed by atoms with Crippen LogP contribution in [0.3, 0.4) is 0 Å². The molecule has 0 aliphatic carbocycles. The maximum atomic E-state index is 5.99. The van der Waals surface area contributed by atoms with E-state index < -0.39 is 0 Å². The van der Waals surface area contributed by atoms with Crippen molar-refractivity contribution in [3.63, 3.8) is 0 Å². The van der Waals surface area contributed by atoms with Crippen LogP contribution in [0.2, 0.25) is 0 Å². The lowest BCUT2D eigenvalue weighted by Gasteiger charge is -2.23. The number of fused-ring (bicyclic) bond motifs is 6. The molecule has 3 nitrogen and oxygen atoms in total. The van der Waals surface area contributed by atoms with E-state index in [9.17, 15) is 0 Å². The lowest BCUT2D eigenvalue weighted by Crippen LogP contribution is -2.10. The highest BCUT2D eigenvalue weighted by molar-refractivity contribution is 6.07. The zero-order chi connectivity index (χ0) is 16.3. The van der Waals surface area contributed by atoms with Crippen LogP contribution >= 0.6 is 12.4 Å². The first-order valence-electron chi connectivity index (χ1n) is 8.13. The zero-order valence-corrected chi connectivity index (χ0v) is 14.9. The third-order valence-electron chi connectivity index (χ3n) is 4.86. The molecule has 0 spiro atoms. The molecule has 1 aliphatic heterocycles. The molecule has 0 atom stereocenters. The van der Waals surface area contributed by atoms with E-state index in [1.54, 1.807) is 0 Å². The average Bonchev–Trinajstić information content (AvgIpc) is 2.61. The molecular formula is C21H17ClN2O.